The first kappa shape index (κ1) is 20.7. The molecule has 152 valence electrons. The van der Waals surface area contributed by atoms with Crippen LogP contribution in [-0.4, -0.2) is 39.4 Å². The quantitative estimate of drug-likeness (QED) is 0.539. The number of aromatic nitrogens is 2. The van der Waals surface area contributed by atoms with E-state index in [0.717, 1.165) is 10.9 Å². The van der Waals surface area contributed by atoms with Crippen molar-refractivity contribution < 1.29 is 28.9 Å². The molecule has 8 nitrogen and oxygen atoms in total. The minimum absolute atomic E-state index is 0.00317. The number of benzene rings is 1. The maximum atomic E-state index is 14.5. The zero-order chi connectivity index (χ0) is 21.1. The molecular formula is C18H16FN3O5S2. The highest BCUT2D eigenvalue weighted by atomic mass is 32.1. The number of aryl methyl sites for hydroxylation is 1. The van der Waals surface area contributed by atoms with Crippen LogP contribution >= 0.6 is 22.7 Å². The molecule has 0 saturated heterocycles. The normalized spacial score (nSPS) is 10.7. The van der Waals surface area contributed by atoms with E-state index in [1.807, 2.05) is 0 Å². The van der Waals surface area contributed by atoms with Gasteiger partial charge in [-0.1, -0.05) is 0 Å². The van der Waals surface area contributed by atoms with Crippen molar-refractivity contribution in [1.29, 1.82) is 0 Å². The van der Waals surface area contributed by atoms with Gasteiger partial charge in [-0.25, -0.2) is 19.2 Å². The summed E-state index contributed by atoms with van der Waals surface area (Å²) in [6, 6.07) is 2.19. The number of nitrogens with one attached hydrogen (secondary N) is 1. The Kier molecular flexibility index (Phi) is 6.09. The SMILES string of the molecule is COC(=O)NCc1nc(C)c(-c2csc(-c3cc(O)c(CC(=O)O)cc3F)n2)s1. The summed E-state index contributed by atoms with van der Waals surface area (Å²) in [4.78, 5) is 31.6. The van der Waals surface area contributed by atoms with E-state index in [-0.39, 0.29) is 23.4 Å². The minimum atomic E-state index is -1.16. The third kappa shape index (κ3) is 4.69. The molecule has 0 bridgehead atoms. The third-order valence-electron chi connectivity index (χ3n) is 3.89. The predicted molar refractivity (Wildman–Crippen MR) is 106 cm³/mol. The number of carbonyl (C=O) groups excluding carboxylic acids is 1. The molecule has 0 atom stereocenters. The average molecular weight is 437 g/mol. The summed E-state index contributed by atoms with van der Waals surface area (Å²) in [7, 11) is 1.27. The summed E-state index contributed by atoms with van der Waals surface area (Å²) >= 11 is 2.54. The monoisotopic (exact) mass is 437 g/mol. The number of carboxylic acid groups (broad SMARTS) is 1. The lowest BCUT2D eigenvalue weighted by Gasteiger charge is -2.05. The molecule has 0 unspecified atom stereocenters. The number of phenolic OH excluding ortho intramolecular Hbond substituents is 1. The fourth-order valence-electron chi connectivity index (χ4n) is 2.56. The first-order valence-corrected chi connectivity index (χ1v) is 9.95. The van der Waals surface area contributed by atoms with E-state index in [9.17, 15) is 19.1 Å². The van der Waals surface area contributed by atoms with Gasteiger partial charge < -0.3 is 20.3 Å². The zero-order valence-corrected chi connectivity index (χ0v) is 17.0. The molecule has 0 aliphatic rings. The predicted octanol–water partition coefficient (Wildman–Crippen LogP) is 3.57. The number of aliphatic carboxylic acids is 1. The lowest BCUT2D eigenvalue weighted by Crippen LogP contribution is -2.22. The van der Waals surface area contributed by atoms with Gasteiger partial charge in [-0.15, -0.1) is 22.7 Å². The molecular weight excluding hydrogens is 421 g/mol. The van der Waals surface area contributed by atoms with Gasteiger partial charge in [0.05, 0.1) is 36.3 Å². The van der Waals surface area contributed by atoms with Crippen molar-refractivity contribution in [1.82, 2.24) is 15.3 Å². The molecule has 2 heterocycles. The van der Waals surface area contributed by atoms with Crippen LogP contribution in [0.5, 0.6) is 5.75 Å². The lowest BCUT2D eigenvalue weighted by molar-refractivity contribution is -0.136. The second-order valence-corrected chi connectivity index (χ2v) is 7.88. The number of hydrogen-bond acceptors (Lipinski definition) is 8. The summed E-state index contributed by atoms with van der Waals surface area (Å²) in [6.07, 6.45) is -1.04. The minimum Gasteiger partial charge on any atom is -0.508 e. The molecule has 2 aromatic heterocycles. The van der Waals surface area contributed by atoms with Crippen LogP contribution in [0.2, 0.25) is 0 Å². The number of halogens is 1. The van der Waals surface area contributed by atoms with Gasteiger partial charge in [-0.05, 0) is 19.1 Å². The van der Waals surface area contributed by atoms with Crippen molar-refractivity contribution in [2.24, 2.45) is 0 Å². The fourth-order valence-corrected chi connectivity index (χ4v) is 4.43. The van der Waals surface area contributed by atoms with Crippen LogP contribution in [-0.2, 0) is 22.5 Å². The van der Waals surface area contributed by atoms with Gasteiger partial charge in [0, 0.05) is 16.5 Å². The average Bonchev–Trinajstić information content (AvgIpc) is 3.28. The van der Waals surface area contributed by atoms with E-state index < -0.39 is 24.3 Å². The highest BCUT2D eigenvalue weighted by Crippen LogP contribution is 2.36. The van der Waals surface area contributed by atoms with Gasteiger partial charge in [-0.2, -0.15) is 0 Å². The number of thiazole rings is 2. The third-order valence-corrected chi connectivity index (χ3v) is 5.94. The molecule has 0 fully saturated rings. The summed E-state index contributed by atoms with van der Waals surface area (Å²) in [5.41, 5.74) is 1.39. The summed E-state index contributed by atoms with van der Waals surface area (Å²) in [6.45, 7) is 2.02. The number of hydrogen-bond donors (Lipinski definition) is 3. The van der Waals surface area contributed by atoms with Crippen molar-refractivity contribution in [3.63, 3.8) is 0 Å². The van der Waals surface area contributed by atoms with Crippen molar-refractivity contribution in [3.05, 3.63) is 39.6 Å². The van der Waals surface area contributed by atoms with E-state index in [1.165, 1.54) is 35.8 Å². The highest BCUT2D eigenvalue weighted by Gasteiger charge is 2.18. The Bertz CT molecular complexity index is 1080. The molecule has 29 heavy (non-hydrogen) atoms. The van der Waals surface area contributed by atoms with Gasteiger partial charge >= 0.3 is 12.1 Å². The fraction of sp³-hybridized carbons (Fsp3) is 0.222. The molecule has 0 aliphatic carbocycles. The number of phenols is 1. The molecule has 3 N–H and O–H groups in total. The van der Waals surface area contributed by atoms with Crippen molar-refractivity contribution in [2.75, 3.05) is 7.11 Å². The smallest absolute Gasteiger partial charge is 0.407 e. The zero-order valence-electron chi connectivity index (χ0n) is 15.4. The van der Waals surface area contributed by atoms with Crippen LogP contribution < -0.4 is 5.32 Å². The number of ether oxygens (including phenoxy) is 1. The Hall–Kier alpha value is -3.05. The van der Waals surface area contributed by atoms with Crippen molar-refractivity contribution in [3.8, 4) is 26.9 Å². The Balaban J connectivity index is 1.86. The molecule has 0 aliphatic heterocycles. The number of amides is 1. The number of aromatic hydroxyl groups is 1. The Labute approximate surface area is 172 Å². The molecule has 1 aromatic carbocycles. The van der Waals surface area contributed by atoms with Gasteiger partial charge in [0.2, 0.25) is 0 Å². The first-order valence-electron chi connectivity index (χ1n) is 8.26. The van der Waals surface area contributed by atoms with Crippen LogP contribution in [0.4, 0.5) is 9.18 Å². The number of rotatable bonds is 6. The number of carboxylic acids is 1. The summed E-state index contributed by atoms with van der Waals surface area (Å²) in [5.74, 6) is -2.13. The van der Waals surface area contributed by atoms with Crippen LogP contribution in [0.15, 0.2) is 17.5 Å². The summed E-state index contributed by atoms with van der Waals surface area (Å²) < 4.78 is 19.0. The second kappa shape index (κ2) is 8.53. The molecule has 1 amide bonds. The number of methoxy groups -OCH3 is 1. The number of nitrogens with zero attached hydrogens (tertiary/aromatic N) is 2. The van der Waals surface area contributed by atoms with Gasteiger partial charge in [0.25, 0.3) is 0 Å². The van der Waals surface area contributed by atoms with Crippen LogP contribution in [0.3, 0.4) is 0 Å². The molecule has 0 saturated carbocycles. The van der Waals surface area contributed by atoms with Gasteiger partial charge in [-0.3, -0.25) is 4.79 Å². The second-order valence-electron chi connectivity index (χ2n) is 5.94. The number of alkyl carbamates (subject to hydrolysis) is 1. The molecule has 0 spiro atoms. The first-order chi connectivity index (χ1) is 13.8. The largest absolute Gasteiger partial charge is 0.508 e. The van der Waals surface area contributed by atoms with E-state index in [2.05, 4.69) is 20.0 Å². The van der Waals surface area contributed by atoms with Gasteiger partial charge in [0.1, 0.15) is 21.6 Å². The van der Waals surface area contributed by atoms with Crippen LogP contribution in [0.1, 0.15) is 16.3 Å². The number of carbonyl (C=O) groups is 2. The van der Waals surface area contributed by atoms with E-state index in [1.54, 1.807) is 12.3 Å². The van der Waals surface area contributed by atoms with Crippen LogP contribution in [0.25, 0.3) is 21.1 Å². The maximum absolute atomic E-state index is 14.5. The molecule has 3 rings (SSSR count). The van der Waals surface area contributed by atoms with Crippen molar-refractivity contribution in [2.45, 2.75) is 19.9 Å². The summed E-state index contributed by atoms with van der Waals surface area (Å²) in [5, 5.41) is 24.2. The molecule has 0 radical (unpaired) electrons. The van der Waals surface area contributed by atoms with Crippen molar-refractivity contribution >= 4 is 34.7 Å². The lowest BCUT2D eigenvalue weighted by atomic mass is 10.1. The molecule has 3 aromatic rings. The topological polar surface area (TPSA) is 122 Å². The van der Waals surface area contributed by atoms with E-state index in [4.69, 9.17) is 5.11 Å². The Morgan fingerprint density at radius 3 is 2.76 bits per heavy atom. The van der Waals surface area contributed by atoms with Crippen LogP contribution in [0, 0.1) is 12.7 Å². The Morgan fingerprint density at radius 2 is 2.07 bits per heavy atom. The van der Waals surface area contributed by atoms with Gasteiger partial charge in [0.15, 0.2) is 0 Å². The van der Waals surface area contributed by atoms with E-state index >= 15 is 0 Å². The highest BCUT2D eigenvalue weighted by molar-refractivity contribution is 7.16. The standard InChI is InChI=1S/C18H16FN3O5S2/c1-8-16(29-14(21-8)6-20-18(26)27-2)12-7-28-17(22-12)10-5-13(23)9(3-11(10)19)4-15(24)25/h3,5,7,23H,4,6H2,1-2H3,(H,20,26)(H,24,25). The maximum Gasteiger partial charge on any atom is 0.407 e. The molecule has 11 heteroatoms. The van der Waals surface area contributed by atoms with E-state index in [0.29, 0.717) is 21.4 Å². The Morgan fingerprint density at radius 1 is 1.31 bits per heavy atom.